The molecular formula is C15H31N3O. The molecule has 0 aliphatic carbocycles. The molecule has 0 aromatic heterocycles. The summed E-state index contributed by atoms with van der Waals surface area (Å²) in [6, 6.07) is -0.208. The summed E-state index contributed by atoms with van der Waals surface area (Å²) in [6.45, 7) is 11.7. The molecule has 1 aliphatic rings. The van der Waals surface area contributed by atoms with Crippen LogP contribution in [0.15, 0.2) is 0 Å². The van der Waals surface area contributed by atoms with E-state index in [9.17, 15) is 4.79 Å². The van der Waals surface area contributed by atoms with Crippen molar-refractivity contribution >= 4 is 5.91 Å². The molecule has 19 heavy (non-hydrogen) atoms. The van der Waals surface area contributed by atoms with Crippen LogP contribution in [0.4, 0.5) is 0 Å². The van der Waals surface area contributed by atoms with E-state index < -0.39 is 0 Å². The van der Waals surface area contributed by atoms with Crippen LogP contribution in [0.5, 0.6) is 0 Å². The summed E-state index contributed by atoms with van der Waals surface area (Å²) >= 11 is 0. The first kappa shape index (κ1) is 16.4. The topological polar surface area (TPSA) is 58.4 Å². The van der Waals surface area contributed by atoms with Crippen LogP contribution in [0.25, 0.3) is 0 Å². The maximum Gasteiger partial charge on any atom is 0.237 e. The number of piperidine rings is 1. The van der Waals surface area contributed by atoms with E-state index >= 15 is 0 Å². The largest absolute Gasteiger partial charge is 0.351 e. The molecule has 4 unspecified atom stereocenters. The highest BCUT2D eigenvalue weighted by molar-refractivity contribution is 5.82. The maximum absolute atomic E-state index is 12.0. The summed E-state index contributed by atoms with van der Waals surface area (Å²) in [5.74, 6) is 1.01. The summed E-state index contributed by atoms with van der Waals surface area (Å²) in [5.41, 5.74) is 5.95. The normalized spacial score (nSPS) is 25.6. The third-order valence-corrected chi connectivity index (χ3v) is 4.22. The first-order valence-electron chi connectivity index (χ1n) is 7.72. The molecule has 4 atom stereocenters. The van der Waals surface area contributed by atoms with Crippen molar-refractivity contribution in [2.24, 2.45) is 17.6 Å². The molecular weight excluding hydrogens is 238 g/mol. The van der Waals surface area contributed by atoms with Gasteiger partial charge in [0.15, 0.2) is 0 Å². The Morgan fingerprint density at radius 1 is 1.47 bits per heavy atom. The summed E-state index contributed by atoms with van der Waals surface area (Å²) in [5, 5.41) is 3.05. The number of rotatable bonds is 6. The average molecular weight is 269 g/mol. The van der Waals surface area contributed by atoms with Crippen LogP contribution < -0.4 is 11.1 Å². The van der Waals surface area contributed by atoms with E-state index in [0.717, 1.165) is 32.0 Å². The van der Waals surface area contributed by atoms with Crippen LogP contribution in [0.1, 0.15) is 47.0 Å². The fraction of sp³-hybridized carbons (Fsp3) is 0.933. The molecule has 3 N–H and O–H groups in total. The number of nitrogens with two attached hydrogens (primary N) is 1. The van der Waals surface area contributed by atoms with Crippen molar-refractivity contribution in [1.82, 2.24) is 10.2 Å². The van der Waals surface area contributed by atoms with Crippen molar-refractivity contribution in [1.29, 1.82) is 0 Å². The quantitative estimate of drug-likeness (QED) is 0.770. The Morgan fingerprint density at radius 2 is 2.16 bits per heavy atom. The highest BCUT2D eigenvalue weighted by atomic mass is 16.2. The van der Waals surface area contributed by atoms with E-state index in [2.05, 4.69) is 31.0 Å². The summed E-state index contributed by atoms with van der Waals surface area (Å²) in [7, 11) is 0. The predicted octanol–water partition coefficient (Wildman–Crippen LogP) is 1.60. The molecule has 1 saturated heterocycles. The van der Waals surface area contributed by atoms with Gasteiger partial charge in [0.1, 0.15) is 0 Å². The van der Waals surface area contributed by atoms with Gasteiger partial charge < -0.3 is 16.0 Å². The maximum atomic E-state index is 12.0. The molecule has 1 amide bonds. The molecule has 1 aliphatic heterocycles. The number of nitrogens with one attached hydrogen (secondary N) is 1. The van der Waals surface area contributed by atoms with Crippen molar-refractivity contribution in [3.63, 3.8) is 0 Å². The van der Waals surface area contributed by atoms with E-state index in [-0.39, 0.29) is 23.9 Å². The third kappa shape index (κ3) is 5.49. The zero-order valence-electron chi connectivity index (χ0n) is 13.0. The second-order valence-corrected chi connectivity index (χ2v) is 6.33. The minimum Gasteiger partial charge on any atom is -0.351 e. The zero-order valence-corrected chi connectivity index (χ0v) is 13.0. The minimum absolute atomic E-state index is 0.00749. The Bertz CT molecular complexity index is 283. The number of nitrogens with zero attached hydrogens (tertiary/aromatic N) is 1. The molecule has 0 aromatic carbocycles. The fourth-order valence-electron chi connectivity index (χ4n) is 2.74. The molecule has 0 bridgehead atoms. The van der Waals surface area contributed by atoms with Gasteiger partial charge in [0.05, 0.1) is 6.04 Å². The van der Waals surface area contributed by atoms with Gasteiger partial charge >= 0.3 is 0 Å². The van der Waals surface area contributed by atoms with Gasteiger partial charge in [-0.3, -0.25) is 4.79 Å². The summed E-state index contributed by atoms with van der Waals surface area (Å²) in [6.07, 6.45) is 3.54. The molecule has 0 radical (unpaired) electrons. The molecule has 112 valence electrons. The van der Waals surface area contributed by atoms with Gasteiger partial charge in [-0.05, 0) is 38.1 Å². The second-order valence-electron chi connectivity index (χ2n) is 6.33. The molecule has 1 fully saturated rings. The van der Waals surface area contributed by atoms with Crippen LogP contribution in [-0.2, 0) is 4.79 Å². The van der Waals surface area contributed by atoms with Crippen LogP contribution >= 0.6 is 0 Å². The van der Waals surface area contributed by atoms with E-state index in [4.69, 9.17) is 5.73 Å². The standard InChI is InChI=1S/C15H31N3O/c1-5-12(3)14(16)15(19)17-13(4)10-18-8-6-7-11(2)9-18/h11-14H,5-10,16H2,1-4H3,(H,17,19). The average Bonchev–Trinajstić information content (AvgIpc) is 2.36. The highest BCUT2D eigenvalue weighted by Gasteiger charge is 2.23. The van der Waals surface area contributed by atoms with Crippen LogP contribution in [0.3, 0.4) is 0 Å². The number of carbonyl (C=O) groups excluding carboxylic acids is 1. The van der Waals surface area contributed by atoms with Crippen molar-refractivity contribution in [2.45, 2.75) is 59.0 Å². The number of carbonyl (C=O) groups is 1. The number of amides is 1. The smallest absolute Gasteiger partial charge is 0.237 e. The Kier molecular flexibility index (Phi) is 6.80. The predicted molar refractivity (Wildman–Crippen MR) is 79.9 cm³/mol. The lowest BCUT2D eigenvalue weighted by molar-refractivity contribution is -0.124. The van der Waals surface area contributed by atoms with Gasteiger partial charge in [-0.1, -0.05) is 27.2 Å². The van der Waals surface area contributed by atoms with Gasteiger partial charge in [-0.2, -0.15) is 0 Å². The first-order chi connectivity index (χ1) is 8.93. The molecule has 4 heteroatoms. The first-order valence-corrected chi connectivity index (χ1v) is 7.72. The number of hydrogen-bond donors (Lipinski definition) is 2. The van der Waals surface area contributed by atoms with Crippen molar-refractivity contribution < 1.29 is 4.79 Å². The second kappa shape index (κ2) is 7.85. The molecule has 0 aromatic rings. The Balaban J connectivity index is 2.33. The van der Waals surface area contributed by atoms with Gasteiger partial charge in [0, 0.05) is 19.1 Å². The van der Waals surface area contributed by atoms with Crippen molar-refractivity contribution in [2.75, 3.05) is 19.6 Å². The Labute approximate surface area is 118 Å². The molecule has 4 nitrogen and oxygen atoms in total. The molecule has 1 rings (SSSR count). The summed E-state index contributed by atoms with van der Waals surface area (Å²) < 4.78 is 0. The van der Waals surface area contributed by atoms with E-state index in [1.807, 2.05) is 6.92 Å². The minimum atomic E-state index is -0.382. The summed E-state index contributed by atoms with van der Waals surface area (Å²) in [4.78, 5) is 14.5. The number of hydrogen-bond acceptors (Lipinski definition) is 3. The van der Waals surface area contributed by atoms with E-state index in [1.165, 1.54) is 12.8 Å². The highest BCUT2D eigenvalue weighted by Crippen LogP contribution is 2.15. The van der Waals surface area contributed by atoms with Crippen LogP contribution in [0, 0.1) is 11.8 Å². The van der Waals surface area contributed by atoms with Crippen molar-refractivity contribution in [3.8, 4) is 0 Å². The number of likely N-dealkylation sites (tertiary alicyclic amines) is 1. The third-order valence-electron chi connectivity index (χ3n) is 4.22. The monoisotopic (exact) mass is 269 g/mol. The van der Waals surface area contributed by atoms with Gasteiger partial charge in [-0.15, -0.1) is 0 Å². The molecule has 1 heterocycles. The zero-order chi connectivity index (χ0) is 14.4. The Morgan fingerprint density at radius 3 is 2.74 bits per heavy atom. The van der Waals surface area contributed by atoms with Gasteiger partial charge in [0.2, 0.25) is 5.91 Å². The lowest BCUT2D eigenvalue weighted by Gasteiger charge is -2.33. The van der Waals surface area contributed by atoms with Crippen molar-refractivity contribution in [3.05, 3.63) is 0 Å². The molecule has 0 spiro atoms. The molecule has 0 saturated carbocycles. The lowest BCUT2D eigenvalue weighted by atomic mass is 9.98. The fourth-order valence-corrected chi connectivity index (χ4v) is 2.74. The lowest BCUT2D eigenvalue weighted by Crippen LogP contribution is -2.51. The van der Waals surface area contributed by atoms with Gasteiger partial charge in [-0.25, -0.2) is 0 Å². The Hall–Kier alpha value is -0.610. The van der Waals surface area contributed by atoms with E-state index in [0.29, 0.717) is 0 Å². The van der Waals surface area contributed by atoms with Crippen LogP contribution in [0.2, 0.25) is 0 Å². The SMILES string of the molecule is CCC(C)C(N)C(=O)NC(C)CN1CCCC(C)C1. The van der Waals surface area contributed by atoms with E-state index in [1.54, 1.807) is 0 Å². The van der Waals surface area contributed by atoms with Crippen LogP contribution in [-0.4, -0.2) is 42.5 Å². The van der Waals surface area contributed by atoms with Gasteiger partial charge in [0.25, 0.3) is 0 Å².